The van der Waals surface area contributed by atoms with Crippen LogP contribution in [0.2, 0.25) is 0 Å². The standard InChI is InChI=1S/C24H40O5.C4H6O4/c1-7-25-18-14-12-16-23(6,17-13-15-19-26-8-2)24(20-27-9-3,21-28-10-4)22-29-11-5;5-3(6)1-2-4(7)8/h7-11H,1-5,12-22H2,6H3;1-2H2,(H,5,6)(H,7,8). The molecule has 9 heteroatoms. The molecule has 212 valence electrons. The molecular formula is C28H46O9. The summed E-state index contributed by atoms with van der Waals surface area (Å²) < 4.78 is 27.6. The summed E-state index contributed by atoms with van der Waals surface area (Å²) in [6.45, 7) is 23.2. The van der Waals surface area contributed by atoms with E-state index in [0.29, 0.717) is 33.0 Å². The van der Waals surface area contributed by atoms with Gasteiger partial charge < -0.3 is 33.9 Å². The first-order chi connectivity index (χ1) is 17.7. The highest BCUT2D eigenvalue weighted by Gasteiger charge is 2.49. The first kappa shape index (κ1) is 35.8. The van der Waals surface area contributed by atoms with E-state index in [4.69, 9.17) is 33.9 Å². The van der Waals surface area contributed by atoms with Gasteiger partial charge in [-0.3, -0.25) is 9.59 Å². The van der Waals surface area contributed by atoms with E-state index in [2.05, 4.69) is 39.8 Å². The summed E-state index contributed by atoms with van der Waals surface area (Å²) in [5, 5.41) is 15.8. The first-order valence-electron chi connectivity index (χ1n) is 12.2. The molecule has 0 radical (unpaired) electrons. The monoisotopic (exact) mass is 526 g/mol. The highest BCUT2D eigenvalue weighted by molar-refractivity contribution is 5.75. The van der Waals surface area contributed by atoms with Crippen LogP contribution < -0.4 is 0 Å². The van der Waals surface area contributed by atoms with E-state index < -0.39 is 17.4 Å². The van der Waals surface area contributed by atoms with Gasteiger partial charge in [-0.05, 0) is 43.9 Å². The van der Waals surface area contributed by atoms with Crippen molar-refractivity contribution in [3.63, 3.8) is 0 Å². The van der Waals surface area contributed by atoms with Gasteiger partial charge in [0.05, 0.1) is 82.6 Å². The molecule has 0 atom stereocenters. The van der Waals surface area contributed by atoms with Gasteiger partial charge in [-0.25, -0.2) is 0 Å². The van der Waals surface area contributed by atoms with Crippen LogP contribution in [-0.2, 0) is 33.3 Å². The molecule has 37 heavy (non-hydrogen) atoms. The fourth-order valence-electron chi connectivity index (χ4n) is 3.74. The Labute approximate surface area is 222 Å². The lowest BCUT2D eigenvalue weighted by Crippen LogP contribution is -2.50. The number of carbonyl (C=O) groups is 2. The van der Waals surface area contributed by atoms with Crippen LogP contribution in [0.25, 0.3) is 0 Å². The van der Waals surface area contributed by atoms with E-state index in [1.165, 1.54) is 31.3 Å². The minimum absolute atomic E-state index is 0.121. The molecule has 0 saturated carbocycles. The average molecular weight is 527 g/mol. The smallest absolute Gasteiger partial charge is 0.303 e. The molecule has 0 bridgehead atoms. The Morgan fingerprint density at radius 3 is 1.22 bits per heavy atom. The lowest BCUT2D eigenvalue weighted by Gasteiger charge is -2.48. The van der Waals surface area contributed by atoms with E-state index in [1.54, 1.807) is 0 Å². The van der Waals surface area contributed by atoms with Crippen LogP contribution in [0.4, 0.5) is 0 Å². The first-order valence-corrected chi connectivity index (χ1v) is 12.2. The maximum absolute atomic E-state index is 9.64. The third kappa shape index (κ3) is 17.7. The zero-order chi connectivity index (χ0) is 28.4. The molecule has 0 aromatic heterocycles. The SMILES string of the molecule is C=COCCCCC(C)(CCCCOC=C)C(COC=C)(COC=C)COC=C.O=C(O)CCC(=O)O. The average Bonchev–Trinajstić information content (AvgIpc) is 2.87. The Morgan fingerprint density at radius 2 is 0.946 bits per heavy atom. The van der Waals surface area contributed by atoms with Crippen molar-refractivity contribution in [3.05, 3.63) is 64.2 Å². The van der Waals surface area contributed by atoms with Crippen molar-refractivity contribution in [1.82, 2.24) is 0 Å². The van der Waals surface area contributed by atoms with E-state index in [-0.39, 0.29) is 18.3 Å². The van der Waals surface area contributed by atoms with Gasteiger partial charge in [0, 0.05) is 0 Å². The molecule has 0 aromatic carbocycles. The number of carboxylic acid groups (broad SMARTS) is 2. The number of hydrogen-bond acceptors (Lipinski definition) is 7. The molecule has 0 fully saturated rings. The Morgan fingerprint density at radius 1 is 0.622 bits per heavy atom. The molecule has 0 aliphatic carbocycles. The molecule has 0 aromatic rings. The Balaban J connectivity index is 0. The predicted molar refractivity (Wildman–Crippen MR) is 143 cm³/mol. The van der Waals surface area contributed by atoms with Crippen LogP contribution in [0.5, 0.6) is 0 Å². The van der Waals surface area contributed by atoms with E-state index in [1.807, 2.05) is 0 Å². The summed E-state index contributed by atoms with van der Waals surface area (Å²) in [7, 11) is 0. The van der Waals surface area contributed by atoms with Crippen molar-refractivity contribution in [2.24, 2.45) is 10.8 Å². The van der Waals surface area contributed by atoms with Crippen LogP contribution in [0, 0.1) is 10.8 Å². The molecular weight excluding hydrogens is 480 g/mol. The van der Waals surface area contributed by atoms with Crippen LogP contribution in [0.15, 0.2) is 64.2 Å². The van der Waals surface area contributed by atoms with E-state index in [0.717, 1.165) is 38.5 Å². The van der Waals surface area contributed by atoms with Crippen LogP contribution in [0.3, 0.4) is 0 Å². The van der Waals surface area contributed by atoms with Crippen LogP contribution >= 0.6 is 0 Å². The fourth-order valence-corrected chi connectivity index (χ4v) is 3.74. The predicted octanol–water partition coefficient (Wildman–Crippen LogP) is 6.06. The number of carboxylic acids is 2. The number of aliphatic carboxylic acids is 2. The second kappa shape index (κ2) is 23.1. The minimum atomic E-state index is -1.08. The Hall–Kier alpha value is -3.36. The normalized spacial score (nSPS) is 10.5. The highest BCUT2D eigenvalue weighted by atomic mass is 16.5. The van der Waals surface area contributed by atoms with Gasteiger partial charge in [-0.2, -0.15) is 0 Å². The number of ether oxygens (including phenoxy) is 5. The second-order valence-electron chi connectivity index (χ2n) is 8.55. The van der Waals surface area contributed by atoms with Crippen molar-refractivity contribution < 1.29 is 43.5 Å². The molecule has 0 saturated heterocycles. The van der Waals surface area contributed by atoms with Crippen molar-refractivity contribution in [1.29, 1.82) is 0 Å². The van der Waals surface area contributed by atoms with Gasteiger partial charge in [0.15, 0.2) is 0 Å². The molecule has 0 spiro atoms. The van der Waals surface area contributed by atoms with Crippen LogP contribution in [-0.4, -0.2) is 55.2 Å². The van der Waals surface area contributed by atoms with Crippen molar-refractivity contribution in [3.8, 4) is 0 Å². The summed E-state index contributed by atoms with van der Waals surface area (Å²) in [5.41, 5.74) is -0.521. The zero-order valence-corrected chi connectivity index (χ0v) is 22.4. The Kier molecular flexibility index (Phi) is 22.3. The maximum Gasteiger partial charge on any atom is 0.303 e. The lowest BCUT2D eigenvalue weighted by atomic mass is 9.60. The van der Waals surface area contributed by atoms with Crippen molar-refractivity contribution >= 4 is 11.9 Å². The molecule has 0 heterocycles. The van der Waals surface area contributed by atoms with Gasteiger partial charge in [0.25, 0.3) is 0 Å². The number of rotatable bonds is 25. The lowest BCUT2D eigenvalue weighted by molar-refractivity contribution is -0.143. The Bertz CT molecular complexity index is 609. The van der Waals surface area contributed by atoms with E-state index in [9.17, 15) is 9.59 Å². The summed E-state index contributed by atoms with van der Waals surface area (Å²) in [4.78, 5) is 19.3. The summed E-state index contributed by atoms with van der Waals surface area (Å²) in [6, 6.07) is 0. The summed E-state index contributed by atoms with van der Waals surface area (Å²) in [6.07, 6.45) is 12.6. The summed E-state index contributed by atoms with van der Waals surface area (Å²) in [5.74, 6) is -2.15. The van der Waals surface area contributed by atoms with Gasteiger partial charge in [0.1, 0.15) is 0 Å². The zero-order valence-electron chi connectivity index (χ0n) is 22.4. The number of unbranched alkanes of at least 4 members (excludes halogenated alkanes) is 2. The van der Waals surface area contributed by atoms with E-state index >= 15 is 0 Å². The van der Waals surface area contributed by atoms with Gasteiger partial charge >= 0.3 is 11.9 Å². The molecule has 0 unspecified atom stereocenters. The quantitative estimate of drug-likeness (QED) is 0.108. The minimum Gasteiger partial charge on any atom is -0.502 e. The number of hydrogen-bond donors (Lipinski definition) is 2. The van der Waals surface area contributed by atoms with Gasteiger partial charge in [0.2, 0.25) is 0 Å². The molecule has 2 N–H and O–H groups in total. The molecule has 0 aliphatic rings. The maximum atomic E-state index is 9.64. The topological polar surface area (TPSA) is 121 Å². The summed E-state index contributed by atoms with van der Waals surface area (Å²) >= 11 is 0. The third-order valence-corrected chi connectivity index (χ3v) is 5.98. The molecule has 0 aliphatic heterocycles. The second-order valence-corrected chi connectivity index (χ2v) is 8.55. The molecule has 0 amide bonds. The molecule has 0 rings (SSSR count). The van der Waals surface area contributed by atoms with Crippen molar-refractivity contribution in [2.75, 3.05) is 33.0 Å². The van der Waals surface area contributed by atoms with Gasteiger partial charge in [-0.15, -0.1) is 0 Å². The largest absolute Gasteiger partial charge is 0.502 e. The highest BCUT2D eigenvalue weighted by Crippen LogP contribution is 2.48. The van der Waals surface area contributed by atoms with Crippen molar-refractivity contribution in [2.45, 2.75) is 58.3 Å². The fraction of sp³-hybridized carbons (Fsp3) is 0.571. The van der Waals surface area contributed by atoms with Gasteiger partial charge in [-0.1, -0.05) is 39.8 Å². The van der Waals surface area contributed by atoms with Crippen LogP contribution in [0.1, 0.15) is 58.3 Å². The third-order valence-electron chi connectivity index (χ3n) is 5.98. The molecule has 9 nitrogen and oxygen atoms in total.